The van der Waals surface area contributed by atoms with Crippen LogP contribution in [-0.4, -0.2) is 25.0 Å². The Morgan fingerprint density at radius 1 is 1.06 bits per heavy atom. The Balaban J connectivity index is 1.48. The number of nitrogens with one attached hydrogen (secondary N) is 1. The van der Waals surface area contributed by atoms with Crippen molar-refractivity contribution in [2.24, 2.45) is 5.10 Å². The van der Waals surface area contributed by atoms with Crippen molar-refractivity contribution in [2.45, 2.75) is 12.4 Å². The molecule has 166 valence electrons. The lowest BCUT2D eigenvalue weighted by molar-refractivity contribution is -0.118. The number of hydrogen-bond acceptors (Lipinski definition) is 5. The molecule has 3 rings (SSSR count). The third-order valence-electron chi connectivity index (χ3n) is 4.35. The Morgan fingerprint density at radius 2 is 1.84 bits per heavy atom. The van der Waals surface area contributed by atoms with Crippen LogP contribution in [-0.2, 0) is 17.2 Å². The zero-order valence-electron chi connectivity index (χ0n) is 17.4. The second-order valence-corrected chi connectivity index (χ2v) is 9.46. The number of ether oxygens (including phenoxy) is 2. The quantitative estimate of drug-likeness (QED) is 0.231. The van der Waals surface area contributed by atoms with Crippen molar-refractivity contribution in [3.8, 4) is 11.5 Å². The van der Waals surface area contributed by atoms with Crippen LogP contribution in [0.25, 0.3) is 0 Å². The molecule has 0 heterocycles. The fraction of sp³-hybridized carbons (Fsp3) is 0.167. The van der Waals surface area contributed by atoms with Crippen LogP contribution < -0.4 is 14.9 Å². The average molecular weight is 578 g/mol. The lowest BCUT2D eigenvalue weighted by Crippen LogP contribution is -2.19. The van der Waals surface area contributed by atoms with E-state index >= 15 is 0 Å². The lowest BCUT2D eigenvalue weighted by Gasteiger charge is -2.11. The molecule has 3 aromatic rings. The zero-order valence-corrected chi connectivity index (χ0v) is 21.4. The molecular formula is C24H22Br2N2O3S. The summed E-state index contributed by atoms with van der Waals surface area (Å²) < 4.78 is 13.4. The predicted octanol–water partition coefficient (Wildman–Crippen LogP) is 6.18. The van der Waals surface area contributed by atoms with E-state index in [-0.39, 0.29) is 5.91 Å². The van der Waals surface area contributed by atoms with Crippen molar-refractivity contribution in [1.82, 2.24) is 5.43 Å². The molecule has 0 aliphatic carbocycles. The molecule has 0 aliphatic heterocycles. The van der Waals surface area contributed by atoms with Crippen LogP contribution in [0.5, 0.6) is 11.5 Å². The first-order valence-electron chi connectivity index (χ1n) is 9.73. The van der Waals surface area contributed by atoms with Gasteiger partial charge in [0.25, 0.3) is 0 Å². The third kappa shape index (κ3) is 7.69. The molecule has 0 aliphatic rings. The zero-order chi connectivity index (χ0) is 22.8. The first-order valence-corrected chi connectivity index (χ1v) is 12.5. The first-order chi connectivity index (χ1) is 15.5. The summed E-state index contributed by atoms with van der Waals surface area (Å²) in [6.07, 6.45) is 1.58. The number of carbonyl (C=O) groups excluding carboxylic acids is 1. The minimum Gasteiger partial charge on any atom is -0.493 e. The number of hydrogen-bond donors (Lipinski definition) is 1. The number of carbonyl (C=O) groups is 1. The SMILES string of the molecule is COc1cc(/C=N\NC(=O)CSCc2ccccc2Br)ccc1OCc1ccc(Br)cc1. The maximum atomic E-state index is 12.0. The van der Waals surface area contributed by atoms with E-state index in [1.165, 1.54) is 11.8 Å². The molecule has 0 saturated heterocycles. The van der Waals surface area contributed by atoms with Crippen molar-refractivity contribution in [2.75, 3.05) is 12.9 Å². The van der Waals surface area contributed by atoms with Gasteiger partial charge in [0.05, 0.1) is 19.1 Å². The maximum absolute atomic E-state index is 12.0. The highest BCUT2D eigenvalue weighted by Crippen LogP contribution is 2.28. The molecule has 5 nitrogen and oxygen atoms in total. The number of hydrazone groups is 1. The molecule has 3 aromatic carbocycles. The molecular weight excluding hydrogens is 556 g/mol. The Hall–Kier alpha value is -2.29. The van der Waals surface area contributed by atoms with Gasteiger partial charge >= 0.3 is 0 Å². The number of thioether (sulfide) groups is 1. The van der Waals surface area contributed by atoms with E-state index in [9.17, 15) is 4.79 Å². The summed E-state index contributed by atoms with van der Waals surface area (Å²) in [5, 5.41) is 4.04. The van der Waals surface area contributed by atoms with Gasteiger partial charge in [-0.05, 0) is 53.1 Å². The summed E-state index contributed by atoms with van der Waals surface area (Å²) in [6.45, 7) is 0.435. The fourth-order valence-corrected chi connectivity index (χ4v) is 4.40. The molecule has 8 heteroatoms. The smallest absolute Gasteiger partial charge is 0.250 e. The maximum Gasteiger partial charge on any atom is 0.250 e. The van der Waals surface area contributed by atoms with Crippen LogP contribution in [0.2, 0.25) is 0 Å². The van der Waals surface area contributed by atoms with Crippen molar-refractivity contribution in [3.63, 3.8) is 0 Å². The minimum atomic E-state index is -0.153. The van der Waals surface area contributed by atoms with Gasteiger partial charge in [0.15, 0.2) is 11.5 Å². The van der Waals surface area contributed by atoms with Gasteiger partial charge in [-0.3, -0.25) is 4.79 Å². The molecule has 0 atom stereocenters. The Morgan fingerprint density at radius 3 is 2.59 bits per heavy atom. The van der Waals surface area contributed by atoms with Gasteiger partial charge in [0, 0.05) is 14.7 Å². The van der Waals surface area contributed by atoms with Gasteiger partial charge in [0.2, 0.25) is 5.91 Å². The second kappa shape index (κ2) is 12.7. The van der Waals surface area contributed by atoms with E-state index < -0.39 is 0 Å². The summed E-state index contributed by atoms with van der Waals surface area (Å²) >= 11 is 8.47. The largest absolute Gasteiger partial charge is 0.493 e. The van der Waals surface area contributed by atoms with Crippen LogP contribution >= 0.6 is 43.6 Å². The summed E-state index contributed by atoms with van der Waals surface area (Å²) in [5.74, 6) is 2.16. The van der Waals surface area contributed by atoms with Gasteiger partial charge in [0.1, 0.15) is 6.61 Å². The van der Waals surface area contributed by atoms with Crippen molar-refractivity contribution >= 4 is 55.7 Å². The Kier molecular flexibility index (Phi) is 9.64. The summed E-state index contributed by atoms with van der Waals surface area (Å²) in [4.78, 5) is 12.0. The van der Waals surface area contributed by atoms with Gasteiger partial charge in [-0.2, -0.15) is 5.10 Å². The molecule has 0 bridgehead atoms. The minimum absolute atomic E-state index is 0.153. The summed E-state index contributed by atoms with van der Waals surface area (Å²) in [6, 6.07) is 21.4. The normalized spacial score (nSPS) is 10.8. The van der Waals surface area contributed by atoms with E-state index in [1.54, 1.807) is 13.3 Å². The molecule has 0 saturated carbocycles. The number of methoxy groups -OCH3 is 1. The molecule has 32 heavy (non-hydrogen) atoms. The van der Waals surface area contributed by atoms with E-state index in [1.807, 2.05) is 66.7 Å². The summed E-state index contributed by atoms with van der Waals surface area (Å²) in [7, 11) is 1.59. The van der Waals surface area contributed by atoms with Crippen molar-refractivity contribution < 1.29 is 14.3 Å². The molecule has 0 unspecified atom stereocenters. The van der Waals surface area contributed by atoms with Gasteiger partial charge in [-0.1, -0.05) is 62.2 Å². The Labute approximate surface area is 208 Å². The van der Waals surface area contributed by atoms with Gasteiger partial charge < -0.3 is 9.47 Å². The van der Waals surface area contributed by atoms with Gasteiger partial charge in [-0.25, -0.2) is 5.43 Å². The number of rotatable bonds is 10. The van der Waals surface area contributed by atoms with Crippen molar-refractivity contribution in [1.29, 1.82) is 0 Å². The molecule has 1 N–H and O–H groups in total. The highest BCUT2D eigenvalue weighted by Gasteiger charge is 2.07. The number of benzene rings is 3. The Bertz CT molecular complexity index is 1080. The number of halogens is 2. The lowest BCUT2D eigenvalue weighted by atomic mass is 10.2. The number of amides is 1. The molecule has 0 radical (unpaired) electrons. The molecule has 0 fully saturated rings. The highest BCUT2D eigenvalue weighted by atomic mass is 79.9. The van der Waals surface area contributed by atoms with E-state index in [0.717, 1.165) is 31.4 Å². The molecule has 0 spiro atoms. The topological polar surface area (TPSA) is 59.9 Å². The van der Waals surface area contributed by atoms with Crippen LogP contribution in [0.3, 0.4) is 0 Å². The highest BCUT2D eigenvalue weighted by molar-refractivity contribution is 9.10. The second-order valence-electron chi connectivity index (χ2n) is 6.70. The molecule has 1 amide bonds. The van der Waals surface area contributed by atoms with Crippen molar-refractivity contribution in [3.05, 3.63) is 92.4 Å². The van der Waals surface area contributed by atoms with Crippen LogP contribution in [0.1, 0.15) is 16.7 Å². The predicted molar refractivity (Wildman–Crippen MR) is 138 cm³/mol. The average Bonchev–Trinajstić information content (AvgIpc) is 2.80. The fourth-order valence-electron chi connectivity index (χ4n) is 2.71. The number of nitrogens with zero attached hydrogens (tertiary/aromatic N) is 1. The standard InChI is InChI=1S/C24H22Br2N2O3S/c1-30-23-12-18(8-11-22(23)31-14-17-6-9-20(25)10-7-17)13-27-28-24(29)16-32-15-19-4-2-3-5-21(19)26/h2-13H,14-16H2,1H3,(H,28,29)/b27-13-. The summed E-state index contributed by atoms with van der Waals surface area (Å²) in [5.41, 5.74) is 5.56. The molecule has 0 aromatic heterocycles. The van der Waals surface area contributed by atoms with Crippen LogP contribution in [0, 0.1) is 0 Å². The van der Waals surface area contributed by atoms with Crippen LogP contribution in [0.15, 0.2) is 80.8 Å². The monoisotopic (exact) mass is 576 g/mol. The van der Waals surface area contributed by atoms with E-state index in [0.29, 0.717) is 23.9 Å². The van der Waals surface area contributed by atoms with Crippen LogP contribution in [0.4, 0.5) is 0 Å². The first kappa shape index (κ1) is 24.4. The van der Waals surface area contributed by atoms with E-state index in [2.05, 4.69) is 42.4 Å². The third-order valence-corrected chi connectivity index (χ3v) is 6.63. The van der Waals surface area contributed by atoms with Gasteiger partial charge in [-0.15, -0.1) is 11.8 Å². The van der Waals surface area contributed by atoms with E-state index in [4.69, 9.17) is 9.47 Å².